The number of nitrogens with zero attached hydrogens (tertiary/aromatic N) is 2. The standard InChI is InChI=1S/C13H18N2O3S/c14-8-4-5-11-19(17,18)15(9-10-16)12-13-6-2-1-3-7-13/h1-3,6-7,16H,4-5,9-12H2. The molecule has 5 nitrogen and oxygen atoms in total. The van der Waals surface area contributed by atoms with Crippen molar-refractivity contribution in [3.63, 3.8) is 0 Å². The summed E-state index contributed by atoms with van der Waals surface area (Å²) < 4.78 is 25.5. The monoisotopic (exact) mass is 282 g/mol. The Morgan fingerprint density at radius 3 is 2.53 bits per heavy atom. The Morgan fingerprint density at radius 1 is 1.26 bits per heavy atom. The van der Waals surface area contributed by atoms with Crippen molar-refractivity contribution < 1.29 is 13.5 Å². The van der Waals surface area contributed by atoms with Crippen LogP contribution in [-0.4, -0.2) is 36.7 Å². The Balaban J connectivity index is 2.73. The van der Waals surface area contributed by atoms with Gasteiger partial charge in [-0.1, -0.05) is 30.3 Å². The molecule has 1 aromatic carbocycles. The minimum Gasteiger partial charge on any atom is -0.395 e. The average molecular weight is 282 g/mol. The van der Waals surface area contributed by atoms with Gasteiger partial charge in [0.25, 0.3) is 0 Å². The largest absolute Gasteiger partial charge is 0.395 e. The van der Waals surface area contributed by atoms with Crippen molar-refractivity contribution in [3.05, 3.63) is 35.9 Å². The average Bonchev–Trinajstić information content (AvgIpc) is 2.39. The number of hydrogen-bond acceptors (Lipinski definition) is 4. The Morgan fingerprint density at radius 2 is 1.95 bits per heavy atom. The molecule has 104 valence electrons. The second-order valence-corrected chi connectivity index (χ2v) is 6.21. The van der Waals surface area contributed by atoms with E-state index >= 15 is 0 Å². The number of benzene rings is 1. The minimum atomic E-state index is -3.43. The number of aliphatic hydroxyl groups is 1. The van der Waals surface area contributed by atoms with Crippen molar-refractivity contribution in [1.82, 2.24) is 4.31 Å². The second kappa shape index (κ2) is 7.89. The number of sulfonamides is 1. The molecule has 0 saturated heterocycles. The van der Waals surface area contributed by atoms with E-state index in [1.54, 1.807) is 0 Å². The summed E-state index contributed by atoms with van der Waals surface area (Å²) in [4.78, 5) is 0. The molecule has 0 unspecified atom stereocenters. The first-order chi connectivity index (χ1) is 9.10. The summed E-state index contributed by atoms with van der Waals surface area (Å²) in [5.74, 6) is -0.0621. The van der Waals surface area contributed by atoms with E-state index in [2.05, 4.69) is 0 Å². The van der Waals surface area contributed by atoms with E-state index in [1.807, 2.05) is 36.4 Å². The van der Waals surface area contributed by atoms with Crippen molar-refractivity contribution in [2.45, 2.75) is 19.4 Å². The highest BCUT2D eigenvalue weighted by atomic mass is 32.2. The lowest BCUT2D eigenvalue weighted by molar-refractivity contribution is 0.251. The fraction of sp³-hybridized carbons (Fsp3) is 0.462. The lowest BCUT2D eigenvalue weighted by Gasteiger charge is -2.21. The van der Waals surface area contributed by atoms with Crippen molar-refractivity contribution in [3.8, 4) is 6.07 Å². The van der Waals surface area contributed by atoms with E-state index in [0.29, 0.717) is 6.42 Å². The van der Waals surface area contributed by atoms with E-state index in [-0.39, 0.29) is 31.9 Å². The summed E-state index contributed by atoms with van der Waals surface area (Å²) >= 11 is 0. The normalized spacial score (nSPS) is 11.4. The zero-order chi connectivity index (χ0) is 14.1. The third-order valence-electron chi connectivity index (χ3n) is 2.64. The Hall–Kier alpha value is -1.42. The molecule has 0 aliphatic heterocycles. The van der Waals surface area contributed by atoms with Crippen LogP contribution >= 0.6 is 0 Å². The first-order valence-corrected chi connectivity index (χ1v) is 7.70. The molecule has 0 bridgehead atoms. The molecule has 0 fully saturated rings. The number of hydrogen-bond donors (Lipinski definition) is 1. The molecule has 0 aromatic heterocycles. The Bertz CT molecular complexity index is 508. The van der Waals surface area contributed by atoms with Crippen molar-refractivity contribution >= 4 is 10.0 Å². The third kappa shape index (κ3) is 5.39. The van der Waals surface area contributed by atoms with Gasteiger partial charge in [0, 0.05) is 19.5 Å². The summed E-state index contributed by atoms with van der Waals surface area (Å²) in [5, 5.41) is 17.4. The molecule has 1 N–H and O–H groups in total. The van der Waals surface area contributed by atoms with Crippen molar-refractivity contribution in [2.75, 3.05) is 18.9 Å². The summed E-state index contributed by atoms with van der Waals surface area (Å²) in [5.41, 5.74) is 0.875. The number of rotatable bonds is 8. The van der Waals surface area contributed by atoms with Crippen LogP contribution in [0.5, 0.6) is 0 Å². The Kier molecular flexibility index (Phi) is 6.50. The van der Waals surface area contributed by atoms with E-state index in [0.717, 1.165) is 5.56 Å². The molecule has 1 aromatic rings. The third-order valence-corrected chi connectivity index (χ3v) is 4.54. The van der Waals surface area contributed by atoms with Gasteiger partial charge >= 0.3 is 0 Å². The SMILES string of the molecule is N#CCCCS(=O)(=O)N(CCO)Cc1ccccc1. The Labute approximate surface area is 114 Å². The highest BCUT2D eigenvalue weighted by Crippen LogP contribution is 2.11. The molecule has 6 heteroatoms. The van der Waals surface area contributed by atoms with Gasteiger partial charge in [-0.3, -0.25) is 0 Å². The number of nitriles is 1. The highest BCUT2D eigenvalue weighted by Gasteiger charge is 2.21. The molecule has 19 heavy (non-hydrogen) atoms. The van der Waals surface area contributed by atoms with Crippen molar-refractivity contribution in [1.29, 1.82) is 5.26 Å². The van der Waals surface area contributed by atoms with Crippen LogP contribution in [0.4, 0.5) is 0 Å². The predicted octanol–water partition coefficient (Wildman–Crippen LogP) is 1.11. The maximum atomic E-state index is 12.1. The summed E-state index contributed by atoms with van der Waals surface area (Å²) in [6.07, 6.45) is 0.535. The smallest absolute Gasteiger partial charge is 0.214 e. The second-order valence-electron chi connectivity index (χ2n) is 4.12. The van der Waals surface area contributed by atoms with Gasteiger partial charge in [0.05, 0.1) is 18.4 Å². The van der Waals surface area contributed by atoms with Gasteiger partial charge in [-0.15, -0.1) is 0 Å². The van der Waals surface area contributed by atoms with Gasteiger partial charge in [0.1, 0.15) is 0 Å². The van der Waals surface area contributed by atoms with E-state index < -0.39 is 10.0 Å². The molecule has 0 spiro atoms. The molecule has 0 heterocycles. The summed E-state index contributed by atoms with van der Waals surface area (Å²) in [6.45, 7) is 0.102. The van der Waals surface area contributed by atoms with Crippen LogP contribution in [0, 0.1) is 11.3 Å². The summed E-state index contributed by atoms with van der Waals surface area (Å²) in [7, 11) is -3.43. The molecule has 0 amide bonds. The zero-order valence-electron chi connectivity index (χ0n) is 10.7. The van der Waals surface area contributed by atoms with Gasteiger partial charge in [-0.05, 0) is 12.0 Å². The molecule has 1 rings (SSSR count). The molecule has 0 atom stereocenters. The van der Waals surface area contributed by atoms with Crippen LogP contribution in [0.2, 0.25) is 0 Å². The molecular formula is C13H18N2O3S. The summed E-state index contributed by atoms with van der Waals surface area (Å²) in [6, 6.07) is 11.2. The molecule has 0 saturated carbocycles. The van der Waals surface area contributed by atoms with Crippen molar-refractivity contribution in [2.24, 2.45) is 0 Å². The van der Waals surface area contributed by atoms with Crippen LogP contribution in [-0.2, 0) is 16.6 Å². The molecule has 0 radical (unpaired) electrons. The van der Waals surface area contributed by atoms with Gasteiger partial charge in [-0.2, -0.15) is 9.57 Å². The predicted molar refractivity (Wildman–Crippen MR) is 72.6 cm³/mol. The van der Waals surface area contributed by atoms with Crippen LogP contribution in [0.15, 0.2) is 30.3 Å². The molecule has 0 aliphatic rings. The fourth-order valence-electron chi connectivity index (χ4n) is 1.68. The van der Waals surface area contributed by atoms with Crippen LogP contribution < -0.4 is 0 Å². The lowest BCUT2D eigenvalue weighted by atomic mass is 10.2. The van der Waals surface area contributed by atoms with E-state index in [9.17, 15) is 8.42 Å². The molecule has 0 aliphatic carbocycles. The lowest BCUT2D eigenvalue weighted by Crippen LogP contribution is -2.34. The van der Waals surface area contributed by atoms with Crippen LogP contribution in [0.1, 0.15) is 18.4 Å². The van der Waals surface area contributed by atoms with Gasteiger partial charge < -0.3 is 5.11 Å². The topological polar surface area (TPSA) is 81.4 Å². The van der Waals surface area contributed by atoms with Crippen LogP contribution in [0.3, 0.4) is 0 Å². The number of aliphatic hydroxyl groups excluding tert-OH is 1. The highest BCUT2D eigenvalue weighted by molar-refractivity contribution is 7.89. The van der Waals surface area contributed by atoms with Gasteiger partial charge in [-0.25, -0.2) is 8.42 Å². The van der Waals surface area contributed by atoms with Crippen LogP contribution in [0.25, 0.3) is 0 Å². The maximum absolute atomic E-state index is 12.1. The zero-order valence-corrected chi connectivity index (χ0v) is 11.5. The molecular weight excluding hydrogens is 264 g/mol. The van der Waals surface area contributed by atoms with E-state index in [1.165, 1.54) is 4.31 Å². The quantitative estimate of drug-likeness (QED) is 0.724. The maximum Gasteiger partial charge on any atom is 0.214 e. The van der Waals surface area contributed by atoms with Gasteiger partial charge in [0.15, 0.2) is 0 Å². The fourth-order valence-corrected chi connectivity index (χ4v) is 3.15. The minimum absolute atomic E-state index is 0.0621. The number of unbranched alkanes of at least 4 members (excludes halogenated alkanes) is 1. The first-order valence-electron chi connectivity index (χ1n) is 6.09. The van der Waals surface area contributed by atoms with E-state index in [4.69, 9.17) is 10.4 Å². The van der Waals surface area contributed by atoms with Gasteiger partial charge in [0.2, 0.25) is 10.0 Å². The first kappa shape index (κ1) is 15.6.